The Kier molecular flexibility index (Phi) is 8.70. The van der Waals surface area contributed by atoms with Crippen LogP contribution >= 0.6 is 0 Å². The van der Waals surface area contributed by atoms with Crippen molar-refractivity contribution in [1.29, 1.82) is 0 Å². The van der Waals surface area contributed by atoms with E-state index in [4.69, 9.17) is 4.52 Å². The zero-order valence-corrected chi connectivity index (χ0v) is 22.8. The highest BCUT2D eigenvalue weighted by atomic mass is 19.4. The van der Waals surface area contributed by atoms with E-state index in [9.17, 15) is 27.6 Å². The highest BCUT2D eigenvalue weighted by Gasteiger charge is 2.34. The Balaban J connectivity index is 1.51. The summed E-state index contributed by atoms with van der Waals surface area (Å²) in [5.41, 5.74) is -0.714. The molecule has 1 amide bonds. The Morgan fingerprint density at radius 3 is 2.52 bits per heavy atom. The fourth-order valence-electron chi connectivity index (χ4n) is 3.79. The first-order chi connectivity index (χ1) is 19.9. The maximum atomic E-state index is 13.3. The Hall–Kier alpha value is -5.06. The molecule has 0 fully saturated rings. The van der Waals surface area contributed by atoms with Crippen molar-refractivity contribution in [3.8, 4) is 11.3 Å². The van der Waals surface area contributed by atoms with E-state index in [1.165, 1.54) is 30.0 Å². The van der Waals surface area contributed by atoms with Gasteiger partial charge in [0.25, 0.3) is 5.56 Å². The number of hydrogen-bond donors (Lipinski definition) is 2. The lowest BCUT2D eigenvalue weighted by molar-refractivity contribution is -0.145. The normalized spacial score (nSPS) is 12.5. The van der Waals surface area contributed by atoms with Gasteiger partial charge in [0.15, 0.2) is 5.82 Å². The summed E-state index contributed by atoms with van der Waals surface area (Å²) in [6.45, 7) is 4.39. The molecule has 0 aromatic carbocycles. The number of rotatable bonds is 9. The van der Waals surface area contributed by atoms with Crippen LogP contribution in [0.25, 0.3) is 11.3 Å². The summed E-state index contributed by atoms with van der Waals surface area (Å²) in [6.07, 6.45) is -1.27. The number of halogens is 3. The van der Waals surface area contributed by atoms with Gasteiger partial charge in [-0.1, -0.05) is 11.2 Å². The number of amides is 1. The van der Waals surface area contributed by atoms with Crippen molar-refractivity contribution in [1.82, 2.24) is 39.5 Å². The van der Waals surface area contributed by atoms with Gasteiger partial charge in [0.05, 0.1) is 17.3 Å². The predicted octanol–water partition coefficient (Wildman–Crippen LogP) is 2.00. The molecule has 4 heterocycles. The molecule has 0 radical (unpaired) electrons. The second kappa shape index (κ2) is 12.2. The zero-order chi connectivity index (χ0) is 30.6. The van der Waals surface area contributed by atoms with Crippen LogP contribution in [0.15, 0.2) is 49.7 Å². The molecular formula is C25H25F3N10O4. The lowest BCUT2D eigenvalue weighted by Crippen LogP contribution is -2.44. The molecule has 220 valence electrons. The van der Waals surface area contributed by atoms with Gasteiger partial charge in [-0.2, -0.15) is 18.2 Å². The van der Waals surface area contributed by atoms with Gasteiger partial charge in [0.2, 0.25) is 17.6 Å². The molecule has 0 unspecified atom stereocenters. The van der Waals surface area contributed by atoms with Crippen molar-refractivity contribution < 1.29 is 22.5 Å². The lowest BCUT2D eigenvalue weighted by atomic mass is 10.2. The van der Waals surface area contributed by atoms with E-state index in [0.29, 0.717) is 5.82 Å². The van der Waals surface area contributed by atoms with Crippen molar-refractivity contribution in [2.24, 2.45) is 12.0 Å². The number of aryl methyl sites for hydroxylation is 1. The van der Waals surface area contributed by atoms with Gasteiger partial charge in [-0.05, 0) is 32.9 Å². The quantitative estimate of drug-likeness (QED) is 0.276. The minimum atomic E-state index is -4.68. The van der Waals surface area contributed by atoms with Crippen LogP contribution < -0.4 is 21.9 Å². The van der Waals surface area contributed by atoms with Gasteiger partial charge in [0, 0.05) is 37.8 Å². The molecule has 17 heteroatoms. The number of carbonyl (C=O) groups excluding carboxylic acids is 1. The molecule has 0 saturated heterocycles. The van der Waals surface area contributed by atoms with E-state index in [-0.39, 0.29) is 47.4 Å². The fraction of sp³-hybridized carbons (Fsp3) is 0.320. The van der Waals surface area contributed by atoms with Crippen LogP contribution in [0.1, 0.15) is 37.0 Å². The number of aromatic nitrogens is 7. The number of hydrogen-bond acceptors (Lipinski definition) is 11. The molecule has 0 aliphatic rings. The molecule has 4 rings (SSSR count). The highest BCUT2D eigenvalue weighted by molar-refractivity contribution is 5.94. The molecular weight excluding hydrogens is 561 g/mol. The zero-order valence-electron chi connectivity index (χ0n) is 22.8. The van der Waals surface area contributed by atoms with E-state index >= 15 is 0 Å². The lowest BCUT2D eigenvalue weighted by Gasteiger charge is -2.17. The summed E-state index contributed by atoms with van der Waals surface area (Å²) in [5.74, 6) is -1.15. The molecule has 4 aromatic heterocycles. The average Bonchev–Trinajstić information content (AvgIpc) is 3.37. The van der Waals surface area contributed by atoms with E-state index in [1.807, 2.05) is 0 Å². The second-order valence-electron chi connectivity index (χ2n) is 8.95. The molecule has 0 bridgehead atoms. The molecule has 1 atom stereocenters. The molecule has 2 N–H and O–H groups in total. The van der Waals surface area contributed by atoms with E-state index in [1.54, 1.807) is 26.8 Å². The van der Waals surface area contributed by atoms with Crippen LogP contribution in [0.3, 0.4) is 0 Å². The van der Waals surface area contributed by atoms with Gasteiger partial charge in [-0.15, -0.1) is 0 Å². The van der Waals surface area contributed by atoms with Crippen molar-refractivity contribution >= 4 is 23.8 Å². The fourth-order valence-corrected chi connectivity index (χ4v) is 3.79. The van der Waals surface area contributed by atoms with E-state index in [2.05, 4.69) is 40.7 Å². The van der Waals surface area contributed by atoms with Crippen LogP contribution in [-0.2, 0) is 31.1 Å². The summed E-state index contributed by atoms with van der Waals surface area (Å²) < 4.78 is 45.5. The second-order valence-corrected chi connectivity index (χ2v) is 8.95. The van der Waals surface area contributed by atoms with Gasteiger partial charge in [-0.3, -0.25) is 18.7 Å². The van der Waals surface area contributed by atoms with Crippen molar-refractivity contribution in [2.75, 3.05) is 5.32 Å². The van der Waals surface area contributed by atoms with Crippen molar-refractivity contribution in [3.63, 3.8) is 0 Å². The molecule has 42 heavy (non-hydrogen) atoms. The first-order valence-corrected chi connectivity index (χ1v) is 12.4. The Morgan fingerprint density at radius 2 is 1.90 bits per heavy atom. The van der Waals surface area contributed by atoms with Crippen molar-refractivity contribution in [3.05, 3.63) is 74.5 Å². The Labute approximate surface area is 235 Å². The molecule has 0 saturated carbocycles. The highest BCUT2D eigenvalue weighted by Crippen LogP contribution is 2.27. The number of aliphatic imine (C=N–C) groups is 1. The average molecular weight is 587 g/mol. The van der Waals surface area contributed by atoms with Crippen LogP contribution in [0.2, 0.25) is 0 Å². The van der Waals surface area contributed by atoms with Gasteiger partial charge < -0.3 is 15.2 Å². The SMILES string of the molecule is C/C=N\c1c(CN[C@@H](C)C(=O)Nc2cccc(-c3cnc(C(F)(F)F)nc3)n2)c(=O)n(Cc2nc(C)no2)c(=O)n1C. The number of nitrogens with one attached hydrogen (secondary N) is 2. The number of anilines is 1. The third-order valence-corrected chi connectivity index (χ3v) is 5.90. The minimum absolute atomic E-state index is 0.0719. The van der Waals surface area contributed by atoms with Gasteiger partial charge in [0.1, 0.15) is 18.2 Å². The maximum absolute atomic E-state index is 13.3. The standard InChI is InChI=1S/C25H25F3N10O4/c1-5-29-20-16(22(40)38(24(41)37(20)4)12-19-33-14(3)36-42-19)11-30-13(2)21(39)35-18-8-6-7-17(34-18)15-9-31-23(32-10-15)25(26,27)28/h5-10,13,30H,11-12H2,1-4H3,(H,34,35,39)/b29-5-/t13-/m0/s1. The minimum Gasteiger partial charge on any atom is -0.337 e. The Morgan fingerprint density at radius 1 is 1.19 bits per heavy atom. The molecule has 0 aliphatic carbocycles. The van der Waals surface area contributed by atoms with Gasteiger partial charge in [-0.25, -0.2) is 24.7 Å². The number of alkyl halides is 3. The van der Waals surface area contributed by atoms with Gasteiger partial charge >= 0.3 is 11.9 Å². The van der Waals surface area contributed by atoms with Crippen molar-refractivity contribution in [2.45, 2.75) is 46.1 Å². The van der Waals surface area contributed by atoms with Crippen LogP contribution in [0.5, 0.6) is 0 Å². The summed E-state index contributed by atoms with van der Waals surface area (Å²) in [5, 5.41) is 9.23. The number of nitrogens with zero attached hydrogens (tertiary/aromatic N) is 8. The molecule has 0 aliphatic heterocycles. The monoisotopic (exact) mass is 586 g/mol. The third-order valence-electron chi connectivity index (χ3n) is 5.90. The summed E-state index contributed by atoms with van der Waals surface area (Å²) in [4.78, 5) is 58.3. The van der Waals surface area contributed by atoms with E-state index < -0.39 is 35.2 Å². The topological polar surface area (TPSA) is 175 Å². The largest absolute Gasteiger partial charge is 0.451 e. The maximum Gasteiger partial charge on any atom is 0.451 e. The van der Waals surface area contributed by atoms with E-state index in [0.717, 1.165) is 17.0 Å². The smallest absolute Gasteiger partial charge is 0.337 e. The summed E-state index contributed by atoms with van der Waals surface area (Å²) >= 11 is 0. The first-order valence-electron chi connectivity index (χ1n) is 12.4. The molecule has 0 spiro atoms. The molecule has 4 aromatic rings. The molecule has 14 nitrogen and oxygen atoms in total. The Bertz CT molecular complexity index is 1740. The predicted molar refractivity (Wildman–Crippen MR) is 143 cm³/mol. The number of carbonyl (C=O) groups is 1. The van der Waals surface area contributed by atoms with Crippen LogP contribution in [0, 0.1) is 6.92 Å². The van der Waals surface area contributed by atoms with Crippen LogP contribution in [0.4, 0.5) is 24.8 Å². The number of pyridine rings is 1. The summed E-state index contributed by atoms with van der Waals surface area (Å²) in [7, 11) is 1.46. The first kappa shape index (κ1) is 29.9. The summed E-state index contributed by atoms with van der Waals surface area (Å²) in [6, 6.07) is 3.73. The third kappa shape index (κ3) is 6.63. The van der Waals surface area contributed by atoms with Crippen LogP contribution in [-0.4, -0.2) is 52.4 Å².